The van der Waals surface area contributed by atoms with Gasteiger partial charge in [-0.2, -0.15) is 0 Å². The Bertz CT molecular complexity index is 425. The number of carbonyl (C=O) groups excluding carboxylic acids is 1. The van der Waals surface area contributed by atoms with E-state index in [4.69, 9.17) is 9.47 Å². The number of hydrogen-bond acceptors (Lipinski definition) is 3. The maximum absolute atomic E-state index is 11.5. The molecule has 0 amide bonds. The van der Waals surface area contributed by atoms with Crippen LogP contribution in [0, 0.1) is 0 Å². The van der Waals surface area contributed by atoms with Crippen molar-refractivity contribution in [3.8, 4) is 5.75 Å². The van der Waals surface area contributed by atoms with Gasteiger partial charge in [0.25, 0.3) is 0 Å². The van der Waals surface area contributed by atoms with Gasteiger partial charge in [-0.25, -0.2) is 0 Å². The molecule has 0 radical (unpaired) electrons. The molecule has 130 valence electrons. The first-order valence-electron chi connectivity index (χ1n) is 8.99. The Morgan fingerprint density at radius 3 is 2.09 bits per heavy atom. The minimum atomic E-state index is -0.234. The van der Waals surface area contributed by atoms with Gasteiger partial charge >= 0.3 is 5.97 Å². The summed E-state index contributed by atoms with van der Waals surface area (Å²) < 4.78 is 10.5. The Morgan fingerprint density at radius 1 is 0.957 bits per heavy atom. The number of ether oxygens (including phenoxy) is 2. The highest BCUT2D eigenvalue weighted by Crippen LogP contribution is 2.20. The Hall–Kier alpha value is -1.51. The summed E-state index contributed by atoms with van der Waals surface area (Å²) >= 11 is 0. The molecular weight excluding hydrogens is 288 g/mol. The maximum atomic E-state index is 11.5. The standard InChI is InChI=1S/C20H32O3/c1-4-5-6-7-8-9-10-11-16-23-19-14-12-18(13-15-19)17(2)20(21)22-3/h12-15,17H,4-11,16H2,1-3H3. The predicted molar refractivity (Wildman–Crippen MR) is 95.0 cm³/mol. The molecule has 0 saturated carbocycles. The van der Waals surface area contributed by atoms with Crippen LogP contribution in [0.4, 0.5) is 0 Å². The Labute approximate surface area is 141 Å². The van der Waals surface area contributed by atoms with Crippen LogP contribution in [0.15, 0.2) is 24.3 Å². The molecule has 1 aromatic rings. The van der Waals surface area contributed by atoms with Crippen LogP contribution in [0.3, 0.4) is 0 Å². The van der Waals surface area contributed by atoms with Gasteiger partial charge in [-0.3, -0.25) is 4.79 Å². The van der Waals surface area contributed by atoms with Crippen LogP contribution in [0.2, 0.25) is 0 Å². The molecule has 3 heteroatoms. The van der Waals surface area contributed by atoms with Gasteiger partial charge in [0.05, 0.1) is 19.6 Å². The van der Waals surface area contributed by atoms with E-state index in [1.807, 2.05) is 31.2 Å². The summed E-state index contributed by atoms with van der Waals surface area (Å²) in [5.41, 5.74) is 0.955. The summed E-state index contributed by atoms with van der Waals surface area (Å²) in [5.74, 6) is 0.424. The van der Waals surface area contributed by atoms with E-state index in [1.54, 1.807) is 0 Å². The Morgan fingerprint density at radius 2 is 1.52 bits per heavy atom. The number of hydrogen-bond donors (Lipinski definition) is 0. The van der Waals surface area contributed by atoms with Crippen LogP contribution in [-0.4, -0.2) is 19.7 Å². The topological polar surface area (TPSA) is 35.5 Å². The van der Waals surface area contributed by atoms with Crippen LogP contribution in [-0.2, 0) is 9.53 Å². The lowest BCUT2D eigenvalue weighted by atomic mass is 10.0. The number of esters is 1. The van der Waals surface area contributed by atoms with Gasteiger partial charge in [0.1, 0.15) is 5.75 Å². The second-order valence-corrected chi connectivity index (χ2v) is 6.14. The van der Waals surface area contributed by atoms with Crippen LogP contribution in [0.5, 0.6) is 5.75 Å². The first-order chi connectivity index (χ1) is 11.2. The highest BCUT2D eigenvalue weighted by atomic mass is 16.5. The van der Waals surface area contributed by atoms with Crippen LogP contribution < -0.4 is 4.74 Å². The lowest BCUT2D eigenvalue weighted by Gasteiger charge is -2.11. The molecule has 1 atom stereocenters. The van der Waals surface area contributed by atoms with Gasteiger partial charge < -0.3 is 9.47 Å². The van der Waals surface area contributed by atoms with Gasteiger partial charge in [0.15, 0.2) is 0 Å². The molecule has 0 heterocycles. The van der Waals surface area contributed by atoms with E-state index in [0.29, 0.717) is 0 Å². The Balaban J connectivity index is 2.15. The van der Waals surface area contributed by atoms with Gasteiger partial charge in [-0.05, 0) is 31.0 Å². The summed E-state index contributed by atoms with van der Waals surface area (Å²) in [5, 5.41) is 0. The van der Waals surface area contributed by atoms with E-state index in [1.165, 1.54) is 52.1 Å². The van der Waals surface area contributed by atoms with Crippen molar-refractivity contribution in [1.82, 2.24) is 0 Å². The fraction of sp³-hybridized carbons (Fsp3) is 0.650. The van der Waals surface area contributed by atoms with Crippen molar-refractivity contribution in [2.75, 3.05) is 13.7 Å². The maximum Gasteiger partial charge on any atom is 0.312 e. The average Bonchev–Trinajstić information content (AvgIpc) is 2.59. The highest BCUT2D eigenvalue weighted by Gasteiger charge is 2.15. The lowest BCUT2D eigenvalue weighted by molar-refractivity contribution is -0.141. The van der Waals surface area contributed by atoms with Crippen LogP contribution >= 0.6 is 0 Å². The molecular formula is C20H32O3. The molecule has 0 saturated heterocycles. The number of benzene rings is 1. The van der Waals surface area contributed by atoms with Crippen molar-refractivity contribution >= 4 is 5.97 Å². The Kier molecular flexibility index (Phi) is 10.2. The first-order valence-corrected chi connectivity index (χ1v) is 8.99. The molecule has 0 aliphatic rings. The van der Waals surface area contributed by atoms with E-state index in [2.05, 4.69) is 6.92 Å². The van der Waals surface area contributed by atoms with E-state index in [-0.39, 0.29) is 11.9 Å². The third kappa shape index (κ3) is 8.06. The molecule has 0 N–H and O–H groups in total. The van der Waals surface area contributed by atoms with Gasteiger partial charge in [0.2, 0.25) is 0 Å². The van der Waals surface area contributed by atoms with Gasteiger partial charge in [-0.1, -0.05) is 64.0 Å². The zero-order chi connectivity index (χ0) is 16.9. The molecule has 1 rings (SSSR count). The van der Waals surface area contributed by atoms with E-state index in [9.17, 15) is 4.79 Å². The first kappa shape index (κ1) is 19.5. The highest BCUT2D eigenvalue weighted by molar-refractivity contribution is 5.77. The summed E-state index contributed by atoms with van der Waals surface area (Å²) in [6.07, 6.45) is 10.4. The number of carbonyl (C=O) groups is 1. The normalized spacial score (nSPS) is 12.0. The second-order valence-electron chi connectivity index (χ2n) is 6.14. The van der Waals surface area contributed by atoms with E-state index >= 15 is 0 Å². The SMILES string of the molecule is CCCCCCCCCCOc1ccc(C(C)C(=O)OC)cc1. The van der Waals surface area contributed by atoms with Crippen molar-refractivity contribution in [3.05, 3.63) is 29.8 Å². The molecule has 0 aromatic heterocycles. The largest absolute Gasteiger partial charge is 0.494 e. The lowest BCUT2D eigenvalue weighted by Crippen LogP contribution is -2.10. The van der Waals surface area contributed by atoms with E-state index in [0.717, 1.165) is 24.3 Å². The van der Waals surface area contributed by atoms with Crippen molar-refractivity contribution in [1.29, 1.82) is 0 Å². The van der Waals surface area contributed by atoms with E-state index < -0.39 is 0 Å². The molecule has 0 bridgehead atoms. The number of methoxy groups -OCH3 is 1. The zero-order valence-corrected chi connectivity index (χ0v) is 15.0. The monoisotopic (exact) mass is 320 g/mol. The summed E-state index contributed by atoms with van der Waals surface area (Å²) in [7, 11) is 1.42. The third-order valence-corrected chi connectivity index (χ3v) is 4.20. The van der Waals surface area contributed by atoms with Crippen LogP contribution in [0.25, 0.3) is 0 Å². The summed E-state index contributed by atoms with van der Waals surface area (Å²) in [6.45, 7) is 4.86. The van der Waals surface area contributed by atoms with Crippen molar-refractivity contribution < 1.29 is 14.3 Å². The fourth-order valence-corrected chi connectivity index (χ4v) is 2.59. The molecule has 0 fully saturated rings. The predicted octanol–water partition coefficient (Wildman–Crippen LogP) is 5.48. The minimum absolute atomic E-state index is 0.211. The molecule has 1 aromatic carbocycles. The molecule has 0 aliphatic carbocycles. The minimum Gasteiger partial charge on any atom is -0.494 e. The fourth-order valence-electron chi connectivity index (χ4n) is 2.59. The third-order valence-electron chi connectivity index (χ3n) is 4.20. The quantitative estimate of drug-likeness (QED) is 0.378. The molecule has 0 aliphatic heterocycles. The van der Waals surface area contributed by atoms with Crippen molar-refractivity contribution in [3.63, 3.8) is 0 Å². The van der Waals surface area contributed by atoms with Crippen molar-refractivity contribution in [2.45, 2.75) is 71.1 Å². The van der Waals surface area contributed by atoms with Gasteiger partial charge in [-0.15, -0.1) is 0 Å². The molecule has 23 heavy (non-hydrogen) atoms. The van der Waals surface area contributed by atoms with Crippen molar-refractivity contribution in [2.24, 2.45) is 0 Å². The molecule has 1 unspecified atom stereocenters. The number of unbranched alkanes of at least 4 members (excludes halogenated alkanes) is 7. The molecule has 0 spiro atoms. The average molecular weight is 320 g/mol. The van der Waals surface area contributed by atoms with Gasteiger partial charge in [0, 0.05) is 0 Å². The summed E-state index contributed by atoms with van der Waals surface area (Å²) in [4.78, 5) is 11.5. The van der Waals surface area contributed by atoms with Crippen LogP contribution in [0.1, 0.15) is 76.7 Å². The second kappa shape index (κ2) is 12.0. The zero-order valence-electron chi connectivity index (χ0n) is 15.0. The smallest absolute Gasteiger partial charge is 0.312 e. The number of rotatable bonds is 12. The molecule has 3 nitrogen and oxygen atoms in total. The summed E-state index contributed by atoms with van der Waals surface area (Å²) in [6, 6.07) is 7.73.